The van der Waals surface area contributed by atoms with Crippen LogP contribution < -0.4 is 4.72 Å². The van der Waals surface area contributed by atoms with Gasteiger partial charge in [-0.2, -0.15) is 4.72 Å². The van der Waals surface area contributed by atoms with Gasteiger partial charge in [0.25, 0.3) is 0 Å². The predicted octanol–water partition coefficient (Wildman–Crippen LogP) is -0.706. The third-order valence-corrected chi connectivity index (χ3v) is 4.49. The number of nitrogens with one attached hydrogen (secondary N) is 1. The molecule has 0 aliphatic heterocycles. The van der Waals surface area contributed by atoms with Crippen molar-refractivity contribution in [3.05, 3.63) is 0 Å². The number of aliphatic hydroxyl groups is 1. The first-order valence-electron chi connectivity index (χ1n) is 4.82. The third kappa shape index (κ3) is 3.15. The Hall–Kier alpha value is -0.660. The molecule has 15 heavy (non-hydrogen) atoms. The lowest BCUT2D eigenvalue weighted by molar-refractivity contribution is -0.139. The molecule has 6 nitrogen and oxygen atoms in total. The molecule has 3 N–H and O–H groups in total. The van der Waals surface area contributed by atoms with Crippen molar-refractivity contribution in [2.45, 2.75) is 37.0 Å². The van der Waals surface area contributed by atoms with E-state index in [2.05, 4.69) is 0 Å². The van der Waals surface area contributed by atoms with Crippen molar-refractivity contribution >= 4 is 16.0 Å². The number of carbonyl (C=O) groups is 1. The summed E-state index contributed by atoms with van der Waals surface area (Å²) in [6.45, 7) is -0.735. The second-order valence-corrected chi connectivity index (χ2v) is 5.64. The summed E-state index contributed by atoms with van der Waals surface area (Å²) >= 11 is 0. The summed E-state index contributed by atoms with van der Waals surface area (Å²) in [6.07, 6.45) is 2.82. The van der Waals surface area contributed by atoms with Crippen LogP contribution in [0.2, 0.25) is 0 Å². The maximum Gasteiger partial charge on any atom is 0.324 e. The first kappa shape index (κ1) is 12.4. The van der Waals surface area contributed by atoms with E-state index in [0.717, 1.165) is 12.8 Å². The summed E-state index contributed by atoms with van der Waals surface area (Å²) in [5.41, 5.74) is 0. The first-order valence-corrected chi connectivity index (χ1v) is 6.37. The molecule has 1 unspecified atom stereocenters. The van der Waals surface area contributed by atoms with Crippen LogP contribution in [-0.2, 0) is 14.8 Å². The maximum absolute atomic E-state index is 11.6. The van der Waals surface area contributed by atoms with Gasteiger partial charge in [-0.25, -0.2) is 8.42 Å². The summed E-state index contributed by atoms with van der Waals surface area (Å²) in [5.74, 6) is -1.36. The molecule has 0 spiro atoms. The van der Waals surface area contributed by atoms with Gasteiger partial charge in [0.05, 0.1) is 11.9 Å². The lowest BCUT2D eigenvalue weighted by Crippen LogP contribution is -2.46. The lowest BCUT2D eigenvalue weighted by atomic mass is 10.3. The van der Waals surface area contributed by atoms with Gasteiger partial charge >= 0.3 is 5.97 Å². The summed E-state index contributed by atoms with van der Waals surface area (Å²) in [6, 6.07) is -1.43. The van der Waals surface area contributed by atoms with Crippen LogP contribution in [0.3, 0.4) is 0 Å². The minimum Gasteiger partial charge on any atom is -0.480 e. The zero-order valence-electron chi connectivity index (χ0n) is 8.22. The molecule has 0 bridgehead atoms. The van der Waals surface area contributed by atoms with Crippen LogP contribution in [0.25, 0.3) is 0 Å². The maximum atomic E-state index is 11.6. The van der Waals surface area contributed by atoms with E-state index in [1.807, 2.05) is 4.72 Å². The van der Waals surface area contributed by atoms with Crippen LogP contribution in [0, 0.1) is 0 Å². The second kappa shape index (κ2) is 4.91. The Morgan fingerprint density at radius 2 is 1.93 bits per heavy atom. The fourth-order valence-corrected chi connectivity index (χ4v) is 3.38. The van der Waals surface area contributed by atoms with Gasteiger partial charge in [0.15, 0.2) is 0 Å². The van der Waals surface area contributed by atoms with Crippen molar-refractivity contribution in [1.82, 2.24) is 4.72 Å². The zero-order valence-corrected chi connectivity index (χ0v) is 9.03. The van der Waals surface area contributed by atoms with Crippen molar-refractivity contribution in [2.75, 3.05) is 6.61 Å². The summed E-state index contributed by atoms with van der Waals surface area (Å²) in [7, 11) is -3.61. The number of aliphatic carboxylic acids is 1. The quantitative estimate of drug-likeness (QED) is 0.586. The number of sulfonamides is 1. The highest BCUT2D eigenvalue weighted by molar-refractivity contribution is 7.90. The molecule has 0 saturated heterocycles. The Bertz CT molecular complexity index is 320. The predicted molar refractivity (Wildman–Crippen MR) is 52.8 cm³/mol. The SMILES string of the molecule is O=C(O)C(CO)NS(=O)(=O)C1CCCC1. The van der Waals surface area contributed by atoms with Crippen molar-refractivity contribution in [2.24, 2.45) is 0 Å². The number of carboxylic acids is 1. The molecule has 0 heterocycles. The number of aliphatic hydroxyl groups excluding tert-OH is 1. The molecule has 88 valence electrons. The van der Waals surface area contributed by atoms with Gasteiger partial charge in [0.2, 0.25) is 10.0 Å². The van der Waals surface area contributed by atoms with E-state index in [4.69, 9.17) is 10.2 Å². The average Bonchev–Trinajstić information content (AvgIpc) is 2.67. The van der Waals surface area contributed by atoms with Crippen molar-refractivity contribution in [3.63, 3.8) is 0 Å². The Labute approximate surface area is 88.3 Å². The van der Waals surface area contributed by atoms with E-state index in [0.29, 0.717) is 12.8 Å². The van der Waals surface area contributed by atoms with Crippen molar-refractivity contribution < 1.29 is 23.4 Å². The van der Waals surface area contributed by atoms with E-state index >= 15 is 0 Å². The van der Waals surface area contributed by atoms with E-state index in [1.54, 1.807) is 0 Å². The average molecular weight is 237 g/mol. The summed E-state index contributed by atoms with van der Waals surface area (Å²) in [4.78, 5) is 10.5. The van der Waals surface area contributed by atoms with Gasteiger partial charge in [-0.15, -0.1) is 0 Å². The molecule has 1 aliphatic carbocycles. The first-order chi connectivity index (χ1) is 6.97. The minimum absolute atomic E-state index is 0.508. The minimum atomic E-state index is -3.61. The van der Waals surface area contributed by atoms with Crippen LogP contribution in [0.5, 0.6) is 0 Å². The molecule has 0 aromatic rings. The van der Waals surface area contributed by atoms with Crippen LogP contribution in [0.4, 0.5) is 0 Å². The van der Waals surface area contributed by atoms with Crippen molar-refractivity contribution in [1.29, 1.82) is 0 Å². The van der Waals surface area contributed by atoms with E-state index in [1.165, 1.54) is 0 Å². The number of hydrogen-bond donors (Lipinski definition) is 3. The van der Waals surface area contributed by atoms with Crippen LogP contribution in [0.1, 0.15) is 25.7 Å². The summed E-state index contributed by atoms with van der Waals surface area (Å²) in [5, 5.41) is 16.8. The van der Waals surface area contributed by atoms with Crippen LogP contribution >= 0.6 is 0 Å². The van der Waals surface area contributed by atoms with Gasteiger partial charge in [0, 0.05) is 0 Å². The molecule has 1 atom stereocenters. The topological polar surface area (TPSA) is 104 Å². The van der Waals surface area contributed by atoms with E-state index in [9.17, 15) is 13.2 Å². The van der Waals surface area contributed by atoms with Gasteiger partial charge in [-0.1, -0.05) is 12.8 Å². The monoisotopic (exact) mass is 237 g/mol. The number of carboxylic acid groups (broad SMARTS) is 1. The molecule has 1 rings (SSSR count). The lowest BCUT2D eigenvalue weighted by Gasteiger charge is -2.16. The number of rotatable bonds is 5. The molecule has 0 amide bonds. The molecule has 0 radical (unpaired) electrons. The van der Waals surface area contributed by atoms with Crippen LogP contribution in [-0.4, -0.2) is 42.5 Å². The van der Waals surface area contributed by atoms with Gasteiger partial charge in [-0.05, 0) is 12.8 Å². The largest absolute Gasteiger partial charge is 0.480 e. The second-order valence-electron chi connectivity index (χ2n) is 3.64. The molecule has 0 aromatic carbocycles. The molecule has 0 aromatic heterocycles. The molecular weight excluding hydrogens is 222 g/mol. The molecular formula is C8H15NO5S. The van der Waals surface area contributed by atoms with Gasteiger partial charge < -0.3 is 10.2 Å². The Kier molecular flexibility index (Phi) is 4.06. The normalized spacial score (nSPS) is 20.3. The zero-order chi connectivity index (χ0) is 11.5. The number of hydrogen-bond acceptors (Lipinski definition) is 4. The molecule has 7 heteroatoms. The van der Waals surface area contributed by atoms with E-state index in [-0.39, 0.29) is 0 Å². The highest BCUT2D eigenvalue weighted by Gasteiger charge is 2.32. The Morgan fingerprint density at radius 3 is 2.33 bits per heavy atom. The van der Waals surface area contributed by atoms with Gasteiger partial charge in [-0.3, -0.25) is 4.79 Å². The van der Waals surface area contributed by atoms with Crippen molar-refractivity contribution in [3.8, 4) is 0 Å². The Balaban J connectivity index is 2.65. The smallest absolute Gasteiger partial charge is 0.324 e. The van der Waals surface area contributed by atoms with E-state index < -0.39 is 33.9 Å². The molecule has 1 aliphatic rings. The highest BCUT2D eigenvalue weighted by Crippen LogP contribution is 2.24. The molecule has 1 saturated carbocycles. The fourth-order valence-electron chi connectivity index (χ4n) is 1.66. The third-order valence-electron chi connectivity index (χ3n) is 2.53. The van der Waals surface area contributed by atoms with Gasteiger partial charge in [0.1, 0.15) is 6.04 Å². The van der Waals surface area contributed by atoms with Crippen LogP contribution in [0.15, 0.2) is 0 Å². The Morgan fingerprint density at radius 1 is 1.40 bits per heavy atom. The standard InChI is InChI=1S/C8H15NO5S/c10-5-7(8(11)12)9-15(13,14)6-3-1-2-4-6/h6-7,9-10H,1-5H2,(H,11,12). The summed E-state index contributed by atoms with van der Waals surface area (Å²) < 4.78 is 25.2. The highest BCUT2D eigenvalue weighted by atomic mass is 32.2. The fraction of sp³-hybridized carbons (Fsp3) is 0.875. The molecule has 1 fully saturated rings.